The first kappa shape index (κ1) is 25.1. The Hall–Kier alpha value is -3.62. The molecule has 2 atom stereocenters. The molecule has 8 nitrogen and oxygen atoms in total. The molecule has 1 N–H and O–H groups in total. The summed E-state index contributed by atoms with van der Waals surface area (Å²) in [5.41, 5.74) is 4.21. The summed E-state index contributed by atoms with van der Waals surface area (Å²) >= 11 is 0. The maximum atomic E-state index is 13.8. The van der Waals surface area contributed by atoms with Crippen LogP contribution in [0.2, 0.25) is 0 Å². The fourth-order valence-corrected chi connectivity index (χ4v) is 7.83. The quantitative estimate of drug-likeness (QED) is 0.482. The Morgan fingerprint density at radius 2 is 1.98 bits per heavy atom. The van der Waals surface area contributed by atoms with Gasteiger partial charge in [0.1, 0.15) is 12.3 Å². The number of ketones is 1. The summed E-state index contributed by atoms with van der Waals surface area (Å²) in [6.45, 7) is 6.05. The summed E-state index contributed by atoms with van der Waals surface area (Å²) in [5, 5.41) is 0.892. The van der Waals surface area contributed by atoms with E-state index in [1.54, 1.807) is 13.2 Å². The summed E-state index contributed by atoms with van der Waals surface area (Å²) in [5.74, 6) is 1.54. The lowest BCUT2D eigenvalue weighted by Gasteiger charge is -2.38. The van der Waals surface area contributed by atoms with Crippen LogP contribution in [-0.4, -0.2) is 79.6 Å². The lowest BCUT2D eigenvalue weighted by Crippen LogP contribution is -2.42. The van der Waals surface area contributed by atoms with Gasteiger partial charge in [-0.1, -0.05) is 24.3 Å². The molecule has 0 radical (unpaired) electrons. The molecule has 4 fully saturated rings. The van der Waals surface area contributed by atoms with Crippen LogP contribution in [0.4, 0.5) is 0 Å². The van der Waals surface area contributed by atoms with Crippen LogP contribution in [-0.2, 0) is 10.2 Å². The van der Waals surface area contributed by atoms with E-state index >= 15 is 0 Å². The Morgan fingerprint density at radius 1 is 1.12 bits per heavy atom. The number of carbonyl (C=O) groups excluding carboxylic acids is 2. The number of H-pyrrole nitrogens is 1. The Morgan fingerprint density at radius 3 is 2.78 bits per heavy atom. The molecule has 3 saturated heterocycles. The third-order valence-electron chi connectivity index (χ3n) is 10.3. The molecule has 212 valence electrons. The van der Waals surface area contributed by atoms with Crippen LogP contribution in [0.5, 0.6) is 11.5 Å². The molecule has 4 heterocycles. The average molecular weight is 554 g/mol. The molecular weight excluding hydrogens is 518 g/mol. The third kappa shape index (κ3) is 3.87. The molecule has 2 aliphatic carbocycles. The predicted molar refractivity (Wildman–Crippen MR) is 154 cm³/mol. The monoisotopic (exact) mass is 553 g/mol. The first-order chi connectivity index (χ1) is 20.0. The fraction of sp³-hybridized carbons (Fsp3) is 0.455. The number of fused-ring (bicyclic) bond motifs is 2. The van der Waals surface area contributed by atoms with Crippen molar-refractivity contribution in [1.29, 1.82) is 0 Å². The minimum Gasteiger partial charge on any atom is -0.493 e. The van der Waals surface area contributed by atoms with E-state index in [0.29, 0.717) is 41.7 Å². The van der Waals surface area contributed by atoms with Gasteiger partial charge in [0.25, 0.3) is 5.91 Å². The Balaban J connectivity index is 0.981. The van der Waals surface area contributed by atoms with Crippen molar-refractivity contribution in [3.8, 4) is 11.5 Å². The highest BCUT2D eigenvalue weighted by atomic mass is 16.5. The number of ether oxygens (including phenoxy) is 3. The molecule has 3 aliphatic heterocycles. The van der Waals surface area contributed by atoms with Crippen molar-refractivity contribution in [2.45, 2.75) is 31.1 Å². The highest BCUT2D eigenvalue weighted by Crippen LogP contribution is 2.66. The van der Waals surface area contributed by atoms with Gasteiger partial charge in [-0.3, -0.25) is 14.5 Å². The molecule has 8 rings (SSSR count). The van der Waals surface area contributed by atoms with Gasteiger partial charge in [-0.05, 0) is 67.8 Å². The smallest absolute Gasteiger partial charge is 0.274 e. The van der Waals surface area contributed by atoms with E-state index in [1.165, 1.54) is 19.3 Å². The molecule has 5 aliphatic rings. The number of aromatic amines is 1. The SMILES string of the molecule is COc1cc2[nH]c(C(=O)N3C[C@H]4CC45C3=CC(=O)c3ccccc35)cc2cc1OCCN1CCC2(CCOC2)CC1. The summed E-state index contributed by atoms with van der Waals surface area (Å²) < 4.78 is 17.5. The van der Waals surface area contributed by atoms with Crippen LogP contribution in [0.25, 0.3) is 10.9 Å². The summed E-state index contributed by atoms with van der Waals surface area (Å²) in [4.78, 5) is 34.3. The number of piperidine rings is 2. The third-order valence-corrected chi connectivity index (χ3v) is 10.3. The van der Waals surface area contributed by atoms with Crippen molar-refractivity contribution in [2.24, 2.45) is 11.3 Å². The molecule has 3 aromatic rings. The highest BCUT2D eigenvalue weighted by molar-refractivity contribution is 6.10. The normalized spacial score (nSPS) is 26.1. The number of likely N-dealkylation sites (tertiary alicyclic amines) is 2. The van der Waals surface area contributed by atoms with Crippen molar-refractivity contribution in [2.75, 3.05) is 53.1 Å². The van der Waals surface area contributed by atoms with E-state index in [9.17, 15) is 9.59 Å². The molecule has 41 heavy (non-hydrogen) atoms. The summed E-state index contributed by atoms with van der Waals surface area (Å²) in [6.07, 6.45) is 6.26. The number of methoxy groups -OCH3 is 1. The second kappa shape index (κ2) is 9.19. The molecule has 1 amide bonds. The predicted octanol–water partition coefficient (Wildman–Crippen LogP) is 4.55. The van der Waals surface area contributed by atoms with Crippen molar-refractivity contribution in [1.82, 2.24) is 14.8 Å². The largest absolute Gasteiger partial charge is 0.493 e. The number of benzene rings is 2. The van der Waals surface area contributed by atoms with Gasteiger partial charge in [-0.15, -0.1) is 0 Å². The minimum atomic E-state index is -0.198. The van der Waals surface area contributed by atoms with Gasteiger partial charge in [0, 0.05) is 59.4 Å². The number of hydrogen-bond acceptors (Lipinski definition) is 6. The van der Waals surface area contributed by atoms with Crippen molar-refractivity contribution >= 4 is 22.6 Å². The maximum absolute atomic E-state index is 13.8. The molecule has 1 unspecified atom stereocenters. The van der Waals surface area contributed by atoms with Gasteiger partial charge in [0.2, 0.25) is 0 Å². The number of hydrogen-bond donors (Lipinski definition) is 1. The topological polar surface area (TPSA) is 84.1 Å². The van der Waals surface area contributed by atoms with Gasteiger partial charge in [0.15, 0.2) is 17.3 Å². The lowest BCUT2D eigenvalue weighted by atomic mass is 9.78. The van der Waals surface area contributed by atoms with E-state index in [1.807, 2.05) is 41.3 Å². The first-order valence-electron chi connectivity index (χ1n) is 14.8. The van der Waals surface area contributed by atoms with E-state index in [0.717, 1.165) is 67.0 Å². The van der Waals surface area contributed by atoms with E-state index in [-0.39, 0.29) is 17.1 Å². The van der Waals surface area contributed by atoms with Crippen molar-refractivity contribution in [3.63, 3.8) is 0 Å². The van der Waals surface area contributed by atoms with E-state index in [4.69, 9.17) is 14.2 Å². The molecule has 1 aromatic heterocycles. The van der Waals surface area contributed by atoms with Gasteiger partial charge in [-0.25, -0.2) is 0 Å². The number of aromatic nitrogens is 1. The molecule has 1 saturated carbocycles. The number of amides is 1. The van der Waals surface area contributed by atoms with Crippen LogP contribution in [0.15, 0.2) is 54.2 Å². The van der Waals surface area contributed by atoms with Crippen molar-refractivity contribution < 1.29 is 23.8 Å². The average Bonchev–Trinajstić information content (AvgIpc) is 3.28. The molecule has 2 spiro atoms. The van der Waals surface area contributed by atoms with Crippen LogP contribution in [0.3, 0.4) is 0 Å². The second-order valence-corrected chi connectivity index (χ2v) is 12.5. The molecule has 2 aromatic carbocycles. The molecule has 8 heteroatoms. The second-order valence-electron chi connectivity index (χ2n) is 12.5. The molecule has 0 bridgehead atoms. The van der Waals surface area contributed by atoms with Gasteiger partial charge in [-0.2, -0.15) is 0 Å². The Bertz CT molecular complexity index is 1590. The van der Waals surface area contributed by atoms with E-state index < -0.39 is 0 Å². The zero-order valence-corrected chi connectivity index (χ0v) is 23.4. The fourth-order valence-electron chi connectivity index (χ4n) is 7.83. The van der Waals surface area contributed by atoms with Crippen molar-refractivity contribution in [3.05, 3.63) is 71.1 Å². The minimum absolute atomic E-state index is 0.0219. The van der Waals surface area contributed by atoms with Crippen LogP contribution < -0.4 is 9.47 Å². The number of nitrogens with zero attached hydrogens (tertiary/aromatic N) is 2. The first-order valence-corrected chi connectivity index (χ1v) is 14.8. The highest BCUT2D eigenvalue weighted by Gasteiger charge is 2.67. The van der Waals surface area contributed by atoms with Crippen LogP contribution in [0.1, 0.15) is 52.1 Å². The van der Waals surface area contributed by atoms with Gasteiger partial charge in [0.05, 0.1) is 13.7 Å². The van der Waals surface area contributed by atoms with Crippen LogP contribution >= 0.6 is 0 Å². The summed E-state index contributed by atoms with van der Waals surface area (Å²) in [6, 6.07) is 13.6. The van der Waals surface area contributed by atoms with Gasteiger partial charge >= 0.3 is 0 Å². The lowest BCUT2D eigenvalue weighted by molar-refractivity contribution is 0.0735. The zero-order valence-electron chi connectivity index (χ0n) is 23.4. The standard InChI is InChI=1S/C33H35N3O5/c1-39-28-16-25-21(15-29(28)41-13-11-35-9-6-32(7-10-35)8-12-40-20-32)14-26(34-25)31(38)36-19-22-18-33(22)24-5-3-2-4-23(24)27(37)17-30(33)36/h2-5,14-17,22,34H,6-13,18-20H2,1H3/t22-,33?/m1/s1. The maximum Gasteiger partial charge on any atom is 0.274 e. The molecular formula is C33H35N3O5. The zero-order chi connectivity index (χ0) is 27.8. The van der Waals surface area contributed by atoms with E-state index in [2.05, 4.69) is 16.0 Å². The number of carbonyl (C=O) groups is 2. The Labute approximate surface area is 239 Å². The number of allylic oxidation sites excluding steroid dienone is 2. The number of nitrogens with one attached hydrogen (secondary N) is 1. The van der Waals surface area contributed by atoms with Gasteiger partial charge < -0.3 is 24.1 Å². The van der Waals surface area contributed by atoms with Crippen LogP contribution in [0, 0.1) is 11.3 Å². The number of rotatable bonds is 6. The summed E-state index contributed by atoms with van der Waals surface area (Å²) in [7, 11) is 1.64. The Kier molecular flexibility index (Phi) is 5.63.